The first-order chi connectivity index (χ1) is 21.1. The maximum atomic E-state index is 2.44. The van der Waals surface area contributed by atoms with Crippen LogP contribution in [0.5, 0.6) is 0 Å². The van der Waals surface area contributed by atoms with Gasteiger partial charge >= 0.3 is 0 Å². The van der Waals surface area contributed by atoms with E-state index < -0.39 is 0 Å². The molecule has 0 nitrogen and oxygen atoms in total. The van der Waals surface area contributed by atoms with Gasteiger partial charge in [-0.1, -0.05) is 141 Å². The molecule has 0 fully saturated rings. The fourth-order valence-corrected chi connectivity index (χ4v) is 7.77. The number of hydrogen-bond donors (Lipinski definition) is 0. The fraction of sp³-hybridized carbons (Fsp3) is 0.0698. The highest BCUT2D eigenvalue weighted by Gasteiger charge is 2.37. The molecule has 0 heteroatoms. The van der Waals surface area contributed by atoms with Crippen LogP contribution in [-0.2, 0) is 5.41 Å². The molecular weight excluding hydrogens is 516 g/mol. The van der Waals surface area contributed by atoms with E-state index in [0.717, 1.165) is 0 Å². The summed E-state index contributed by atoms with van der Waals surface area (Å²) in [7, 11) is 0. The Morgan fingerprint density at radius 1 is 0.372 bits per heavy atom. The van der Waals surface area contributed by atoms with Crippen molar-refractivity contribution >= 4 is 43.1 Å². The normalized spacial score (nSPS) is 13.5. The van der Waals surface area contributed by atoms with Crippen molar-refractivity contribution in [1.29, 1.82) is 0 Å². The Hall–Kier alpha value is -5.20. The van der Waals surface area contributed by atoms with Crippen LogP contribution in [0, 0.1) is 0 Å². The van der Waals surface area contributed by atoms with E-state index in [1.54, 1.807) is 0 Å². The number of hydrogen-bond acceptors (Lipinski definition) is 0. The molecule has 8 aromatic rings. The molecule has 0 bridgehead atoms. The van der Waals surface area contributed by atoms with Crippen molar-refractivity contribution in [3.05, 3.63) is 157 Å². The molecule has 1 aliphatic rings. The Labute approximate surface area is 251 Å². The number of benzene rings is 8. The van der Waals surface area contributed by atoms with Gasteiger partial charge in [-0.25, -0.2) is 0 Å². The van der Waals surface area contributed by atoms with Crippen molar-refractivity contribution in [3.8, 4) is 33.4 Å². The molecule has 0 spiro atoms. The van der Waals surface area contributed by atoms with Crippen LogP contribution in [-0.4, -0.2) is 0 Å². The molecule has 0 saturated heterocycles. The van der Waals surface area contributed by atoms with E-state index in [2.05, 4.69) is 159 Å². The van der Waals surface area contributed by atoms with E-state index in [0.29, 0.717) is 0 Å². The molecule has 0 aliphatic heterocycles. The van der Waals surface area contributed by atoms with Gasteiger partial charge in [0.15, 0.2) is 0 Å². The standard InChI is InChI=1S/C43H30/c1-43(2)40-26-30(20-21-36(40)38-23-19-28-11-4-8-17-35(28)42(38)43)29-13-9-14-32(24-29)41-34-16-7-5-12-31(34)25-39-33-15-6-3-10-27(33)18-22-37(39)41/h3-26H,1-2H3. The van der Waals surface area contributed by atoms with Crippen molar-refractivity contribution < 1.29 is 0 Å². The van der Waals surface area contributed by atoms with Gasteiger partial charge in [0.25, 0.3) is 0 Å². The second-order valence-electron chi connectivity index (χ2n) is 12.5. The largest absolute Gasteiger partial charge is 0.0616 e. The van der Waals surface area contributed by atoms with Crippen molar-refractivity contribution in [3.63, 3.8) is 0 Å². The van der Waals surface area contributed by atoms with Gasteiger partial charge in [-0.2, -0.15) is 0 Å². The Balaban J connectivity index is 1.24. The van der Waals surface area contributed by atoms with Gasteiger partial charge in [0.1, 0.15) is 0 Å². The van der Waals surface area contributed by atoms with Crippen LogP contribution in [0.2, 0.25) is 0 Å². The molecule has 0 aromatic heterocycles. The summed E-state index contributed by atoms with van der Waals surface area (Å²) in [6.45, 7) is 4.77. The zero-order chi connectivity index (χ0) is 28.7. The summed E-state index contributed by atoms with van der Waals surface area (Å²) in [5.41, 5.74) is 10.6. The molecule has 202 valence electrons. The van der Waals surface area contributed by atoms with Gasteiger partial charge in [0.2, 0.25) is 0 Å². The fourth-order valence-electron chi connectivity index (χ4n) is 7.77. The van der Waals surface area contributed by atoms with Gasteiger partial charge < -0.3 is 0 Å². The van der Waals surface area contributed by atoms with Crippen LogP contribution >= 0.6 is 0 Å². The topological polar surface area (TPSA) is 0 Å². The van der Waals surface area contributed by atoms with Gasteiger partial charge in [0, 0.05) is 5.41 Å². The summed E-state index contributed by atoms with van der Waals surface area (Å²) in [4.78, 5) is 0. The summed E-state index contributed by atoms with van der Waals surface area (Å²) >= 11 is 0. The minimum atomic E-state index is -0.0773. The minimum Gasteiger partial charge on any atom is -0.0616 e. The zero-order valence-electron chi connectivity index (χ0n) is 24.4. The van der Waals surface area contributed by atoms with E-state index in [4.69, 9.17) is 0 Å². The summed E-state index contributed by atoms with van der Waals surface area (Å²) in [6, 6.07) is 54.1. The number of rotatable bonds is 2. The highest BCUT2D eigenvalue weighted by Crippen LogP contribution is 2.52. The molecule has 0 heterocycles. The van der Waals surface area contributed by atoms with Crippen LogP contribution in [0.3, 0.4) is 0 Å². The monoisotopic (exact) mass is 546 g/mol. The highest BCUT2D eigenvalue weighted by atomic mass is 14.4. The number of fused-ring (bicyclic) bond motifs is 9. The van der Waals surface area contributed by atoms with E-state index in [-0.39, 0.29) is 5.41 Å². The summed E-state index contributed by atoms with van der Waals surface area (Å²) in [5.74, 6) is 0. The maximum Gasteiger partial charge on any atom is 0.0165 e. The molecule has 1 aliphatic carbocycles. The van der Waals surface area contributed by atoms with Crippen molar-refractivity contribution in [1.82, 2.24) is 0 Å². The average Bonchev–Trinajstić information content (AvgIpc) is 3.29. The van der Waals surface area contributed by atoms with Crippen LogP contribution in [0.25, 0.3) is 76.5 Å². The third-order valence-corrected chi connectivity index (χ3v) is 9.79. The molecule has 9 rings (SSSR count). The lowest BCUT2D eigenvalue weighted by Crippen LogP contribution is -2.15. The maximum absolute atomic E-state index is 2.44. The predicted octanol–water partition coefficient (Wildman–Crippen LogP) is 11.9. The van der Waals surface area contributed by atoms with E-state index in [9.17, 15) is 0 Å². The van der Waals surface area contributed by atoms with Gasteiger partial charge in [0.05, 0.1) is 0 Å². The molecule has 0 unspecified atom stereocenters. The lowest BCUT2D eigenvalue weighted by molar-refractivity contribution is 0.666. The Morgan fingerprint density at radius 2 is 1.00 bits per heavy atom. The molecule has 8 aromatic carbocycles. The highest BCUT2D eigenvalue weighted by molar-refractivity contribution is 6.20. The predicted molar refractivity (Wildman–Crippen MR) is 185 cm³/mol. The van der Waals surface area contributed by atoms with Gasteiger partial charge in [-0.15, -0.1) is 0 Å². The SMILES string of the molecule is CC1(C)c2cc(-c3cccc(-c4c5ccccc5cc5c4ccc4ccccc45)c3)ccc2-c2ccc3ccccc3c21. The van der Waals surface area contributed by atoms with Crippen LogP contribution in [0.15, 0.2) is 146 Å². The molecular formula is C43H30. The lowest BCUT2D eigenvalue weighted by Gasteiger charge is -2.23. The van der Waals surface area contributed by atoms with Crippen molar-refractivity contribution in [2.24, 2.45) is 0 Å². The summed E-state index contributed by atoms with van der Waals surface area (Å²) < 4.78 is 0. The molecule has 43 heavy (non-hydrogen) atoms. The summed E-state index contributed by atoms with van der Waals surface area (Å²) in [5, 5.41) is 10.4. The van der Waals surface area contributed by atoms with Crippen LogP contribution < -0.4 is 0 Å². The van der Waals surface area contributed by atoms with E-state index >= 15 is 0 Å². The molecule has 0 atom stereocenters. The first-order valence-corrected chi connectivity index (χ1v) is 15.2. The average molecular weight is 547 g/mol. The Kier molecular flexibility index (Phi) is 5.05. The van der Waals surface area contributed by atoms with Gasteiger partial charge in [-0.3, -0.25) is 0 Å². The van der Waals surface area contributed by atoms with E-state index in [1.165, 1.54) is 87.6 Å². The second kappa shape index (κ2) is 8.90. The smallest absolute Gasteiger partial charge is 0.0165 e. The third kappa shape index (κ3) is 3.50. The first-order valence-electron chi connectivity index (χ1n) is 15.2. The lowest BCUT2D eigenvalue weighted by atomic mass is 9.79. The van der Waals surface area contributed by atoms with Gasteiger partial charge in [-0.05, 0) is 106 Å². The summed E-state index contributed by atoms with van der Waals surface area (Å²) in [6.07, 6.45) is 0. The first kappa shape index (κ1) is 24.4. The third-order valence-electron chi connectivity index (χ3n) is 9.79. The van der Waals surface area contributed by atoms with Crippen LogP contribution in [0.1, 0.15) is 25.0 Å². The molecule has 0 amide bonds. The molecule has 0 saturated carbocycles. The zero-order valence-corrected chi connectivity index (χ0v) is 24.4. The molecule has 0 N–H and O–H groups in total. The van der Waals surface area contributed by atoms with Crippen molar-refractivity contribution in [2.45, 2.75) is 19.3 Å². The van der Waals surface area contributed by atoms with Crippen molar-refractivity contribution in [2.75, 3.05) is 0 Å². The Bertz CT molecular complexity index is 2420. The van der Waals surface area contributed by atoms with E-state index in [1.807, 2.05) is 0 Å². The second-order valence-corrected chi connectivity index (χ2v) is 12.5. The Morgan fingerprint density at radius 3 is 1.84 bits per heavy atom. The quantitative estimate of drug-likeness (QED) is 0.149. The molecule has 0 radical (unpaired) electrons. The minimum absolute atomic E-state index is 0.0773. The van der Waals surface area contributed by atoms with Crippen LogP contribution in [0.4, 0.5) is 0 Å².